The Hall–Kier alpha value is -1.39. The molecule has 0 heterocycles. The summed E-state index contributed by atoms with van der Waals surface area (Å²) in [5.74, 6) is -0.634. The van der Waals surface area contributed by atoms with Crippen LogP contribution >= 0.6 is 11.8 Å². The van der Waals surface area contributed by atoms with E-state index in [-0.39, 0.29) is 11.6 Å². The molecule has 0 aliphatic heterocycles. The van der Waals surface area contributed by atoms with Gasteiger partial charge in [0.2, 0.25) is 0 Å². The van der Waals surface area contributed by atoms with Gasteiger partial charge in [0.05, 0.1) is 0 Å². The molecule has 0 aliphatic rings. The lowest BCUT2D eigenvalue weighted by Crippen LogP contribution is -2.08. The molecule has 0 spiro atoms. The number of rotatable bonds is 3. The summed E-state index contributed by atoms with van der Waals surface area (Å²) in [5, 5.41) is 0. The Bertz CT molecular complexity index is 555. The molecule has 18 heavy (non-hydrogen) atoms. The lowest BCUT2D eigenvalue weighted by molar-refractivity contribution is 0.585. The molecule has 2 N–H and O–H groups in total. The second kappa shape index (κ2) is 5.50. The van der Waals surface area contributed by atoms with Crippen molar-refractivity contribution in [1.29, 1.82) is 0 Å². The normalized spacial score (nSPS) is 12.4. The SMILES string of the molecule is C[C@H](N)c1c(F)cccc1Sc1cccc(F)c1. The van der Waals surface area contributed by atoms with E-state index < -0.39 is 6.04 Å². The smallest absolute Gasteiger partial charge is 0.129 e. The summed E-state index contributed by atoms with van der Waals surface area (Å²) < 4.78 is 26.8. The summed E-state index contributed by atoms with van der Waals surface area (Å²) >= 11 is 1.31. The van der Waals surface area contributed by atoms with Gasteiger partial charge < -0.3 is 5.73 Å². The first-order valence-electron chi connectivity index (χ1n) is 5.55. The van der Waals surface area contributed by atoms with Crippen LogP contribution in [0.15, 0.2) is 52.3 Å². The second-order valence-electron chi connectivity index (χ2n) is 4.00. The Morgan fingerprint density at radius 1 is 1.11 bits per heavy atom. The van der Waals surface area contributed by atoms with Crippen LogP contribution in [0.2, 0.25) is 0 Å². The minimum Gasteiger partial charge on any atom is -0.324 e. The number of hydrogen-bond donors (Lipinski definition) is 1. The van der Waals surface area contributed by atoms with Gasteiger partial charge >= 0.3 is 0 Å². The standard InChI is InChI=1S/C14H13F2NS/c1-9(17)14-12(16)6-3-7-13(14)18-11-5-2-4-10(15)8-11/h2-9H,17H2,1H3/t9-/m0/s1. The molecule has 2 aromatic rings. The maximum absolute atomic E-state index is 13.7. The fraction of sp³-hybridized carbons (Fsp3) is 0.143. The number of hydrogen-bond acceptors (Lipinski definition) is 2. The van der Waals surface area contributed by atoms with E-state index in [0.29, 0.717) is 5.56 Å². The average Bonchev–Trinajstić information content (AvgIpc) is 2.28. The van der Waals surface area contributed by atoms with E-state index in [9.17, 15) is 8.78 Å². The van der Waals surface area contributed by atoms with E-state index in [2.05, 4.69) is 0 Å². The van der Waals surface area contributed by atoms with Gasteiger partial charge in [-0.05, 0) is 37.3 Å². The van der Waals surface area contributed by atoms with Gasteiger partial charge in [-0.3, -0.25) is 0 Å². The van der Waals surface area contributed by atoms with E-state index in [1.165, 1.54) is 30.0 Å². The van der Waals surface area contributed by atoms with Crippen LogP contribution in [0.4, 0.5) is 8.78 Å². The van der Waals surface area contributed by atoms with Crippen LogP contribution in [0, 0.1) is 11.6 Å². The van der Waals surface area contributed by atoms with Crippen LogP contribution in [-0.4, -0.2) is 0 Å². The summed E-state index contributed by atoms with van der Waals surface area (Å²) in [5.41, 5.74) is 6.24. The van der Waals surface area contributed by atoms with Gasteiger partial charge in [-0.15, -0.1) is 0 Å². The zero-order valence-electron chi connectivity index (χ0n) is 9.86. The van der Waals surface area contributed by atoms with Gasteiger partial charge in [-0.25, -0.2) is 8.78 Å². The molecule has 0 aromatic heterocycles. The predicted octanol–water partition coefficient (Wildman–Crippen LogP) is 4.14. The van der Waals surface area contributed by atoms with Crippen LogP contribution in [0.1, 0.15) is 18.5 Å². The third kappa shape index (κ3) is 2.89. The maximum atomic E-state index is 13.7. The minimum atomic E-state index is -0.401. The Labute approximate surface area is 109 Å². The molecule has 0 aliphatic carbocycles. The van der Waals surface area contributed by atoms with Crippen molar-refractivity contribution in [3.05, 3.63) is 59.7 Å². The number of nitrogens with two attached hydrogens (primary N) is 1. The van der Waals surface area contributed by atoms with Crippen molar-refractivity contribution >= 4 is 11.8 Å². The summed E-state index contributed by atoms with van der Waals surface area (Å²) in [6, 6.07) is 10.6. The van der Waals surface area contributed by atoms with Crippen molar-refractivity contribution < 1.29 is 8.78 Å². The molecule has 0 amide bonds. The fourth-order valence-electron chi connectivity index (χ4n) is 1.71. The van der Waals surface area contributed by atoms with Gasteiger partial charge in [0.1, 0.15) is 11.6 Å². The number of benzene rings is 2. The zero-order chi connectivity index (χ0) is 13.1. The zero-order valence-corrected chi connectivity index (χ0v) is 10.7. The number of halogens is 2. The van der Waals surface area contributed by atoms with Crippen LogP contribution in [0.25, 0.3) is 0 Å². The highest BCUT2D eigenvalue weighted by Gasteiger charge is 2.13. The molecule has 2 aromatic carbocycles. The quantitative estimate of drug-likeness (QED) is 0.902. The van der Waals surface area contributed by atoms with E-state index in [1.807, 2.05) is 0 Å². The largest absolute Gasteiger partial charge is 0.324 e. The molecular formula is C14H13F2NS. The highest BCUT2D eigenvalue weighted by atomic mass is 32.2. The Morgan fingerprint density at radius 2 is 1.83 bits per heavy atom. The summed E-state index contributed by atoms with van der Waals surface area (Å²) in [6.45, 7) is 1.73. The molecule has 1 atom stereocenters. The summed E-state index contributed by atoms with van der Waals surface area (Å²) in [7, 11) is 0. The molecule has 0 bridgehead atoms. The van der Waals surface area contributed by atoms with Gasteiger partial charge in [-0.1, -0.05) is 23.9 Å². The maximum Gasteiger partial charge on any atom is 0.129 e. The minimum absolute atomic E-state index is 0.307. The first kappa shape index (κ1) is 13.1. The molecule has 0 saturated carbocycles. The molecule has 0 fully saturated rings. The monoisotopic (exact) mass is 265 g/mol. The van der Waals surface area contributed by atoms with Crippen LogP contribution in [-0.2, 0) is 0 Å². The van der Waals surface area contributed by atoms with Gasteiger partial charge in [0, 0.05) is 21.4 Å². The van der Waals surface area contributed by atoms with Crippen LogP contribution < -0.4 is 5.73 Å². The third-order valence-electron chi connectivity index (χ3n) is 2.49. The Kier molecular flexibility index (Phi) is 3.99. The van der Waals surface area contributed by atoms with Crippen molar-refractivity contribution in [2.45, 2.75) is 22.8 Å². The molecule has 0 saturated heterocycles. The van der Waals surface area contributed by atoms with Crippen LogP contribution in [0.5, 0.6) is 0 Å². The molecule has 1 nitrogen and oxygen atoms in total. The summed E-state index contributed by atoms with van der Waals surface area (Å²) in [6.07, 6.45) is 0. The van der Waals surface area contributed by atoms with Gasteiger partial charge in [0.25, 0.3) is 0 Å². The van der Waals surface area contributed by atoms with Crippen molar-refractivity contribution in [3.8, 4) is 0 Å². The molecule has 0 unspecified atom stereocenters. The fourth-order valence-corrected chi connectivity index (χ4v) is 2.82. The third-order valence-corrected chi connectivity index (χ3v) is 3.56. The highest BCUT2D eigenvalue weighted by molar-refractivity contribution is 7.99. The van der Waals surface area contributed by atoms with Crippen molar-refractivity contribution in [3.63, 3.8) is 0 Å². The molecule has 2 rings (SSSR count). The highest BCUT2D eigenvalue weighted by Crippen LogP contribution is 2.34. The van der Waals surface area contributed by atoms with Crippen molar-refractivity contribution in [2.75, 3.05) is 0 Å². The molecular weight excluding hydrogens is 252 g/mol. The molecule has 94 valence electrons. The Balaban J connectivity index is 2.37. The molecule has 0 radical (unpaired) electrons. The average molecular weight is 265 g/mol. The molecule has 4 heteroatoms. The van der Waals surface area contributed by atoms with E-state index >= 15 is 0 Å². The van der Waals surface area contributed by atoms with Gasteiger partial charge in [0.15, 0.2) is 0 Å². The first-order chi connectivity index (χ1) is 8.58. The predicted molar refractivity (Wildman–Crippen MR) is 69.5 cm³/mol. The first-order valence-corrected chi connectivity index (χ1v) is 6.37. The van der Waals surface area contributed by atoms with Crippen molar-refractivity contribution in [1.82, 2.24) is 0 Å². The van der Waals surface area contributed by atoms with E-state index in [4.69, 9.17) is 5.73 Å². The van der Waals surface area contributed by atoms with E-state index in [0.717, 1.165) is 9.79 Å². The second-order valence-corrected chi connectivity index (χ2v) is 5.12. The van der Waals surface area contributed by atoms with E-state index in [1.54, 1.807) is 31.2 Å². The summed E-state index contributed by atoms with van der Waals surface area (Å²) in [4.78, 5) is 1.44. The van der Waals surface area contributed by atoms with Gasteiger partial charge in [-0.2, -0.15) is 0 Å². The lowest BCUT2D eigenvalue weighted by atomic mass is 10.1. The topological polar surface area (TPSA) is 26.0 Å². The van der Waals surface area contributed by atoms with Crippen LogP contribution in [0.3, 0.4) is 0 Å². The lowest BCUT2D eigenvalue weighted by Gasteiger charge is -2.13. The van der Waals surface area contributed by atoms with Crippen molar-refractivity contribution in [2.24, 2.45) is 5.73 Å². The Morgan fingerprint density at radius 3 is 2.50 bits per heavy atom.